The van der Waals surface area contributed by atoms with Crippen LogP contribution in [0.1, 0.15) is 120 Å². The number of ether oxygens (including phenoxy) is 7. The van der Waals surface area contributed by atoms with Crippen LogP contribution in [0.3, 0.4) is 0 Å². The van der Waals surface area contributed by atoms with Crippen LogP contribution in [0.15, 0.2) is 0 Å². The van der Waals surface area contributed by atoms with Gasteiger partial charge in [0.1, 0.15) is 61.0 Å². The lowest BCUT2D eigenvalue weighted by Gasteiger charge is -2.64. The third-order valence-corrected chi connectivity index (χ3v) is 19.7. The molecule has 4 aliphatic heterocycles. The number of fused-ring (bicyclic) bond motifs is 2. The molecule has 17 heteroatoms. The first-order valence-electron chi connectivity index (χ1n) is 24.1. The van der Waals surface area contributed by atoms with Crippen molar-refractivity contribution in [1.82, 2.24) is 0 Å². The van der Waals surface area contributed by atoms with Crippen molar-refractivity contribution in [3.05, 3.63) is 0 Å². The van der Waals surface area contributed by atoms with Gasteiger partial charge in [0.2, 0.25) is 0 Å². The van der Waals surface area contributed by atoms with E-state index < -0.39 is 110 Å². The van der Waals surface area contributed by atoms with Gasteiger partial charge in [-0.3, -0.25) is 0 Å². The fourth-order valence-corrected chi connectivity index (χ4v) is 16.3. The Balaban J connectivity index is 0.899. The van der Waals surface area contributed by atoms with Crippen molar-refractivity contribution in [3.8, 4) is 0 Å². The van der Waals surface area contributed by atoms with E-state index in [1.165, 1.54) is 6.92 Å². The van der Waals surface area contributed by atoms with E-state index in [4.69, 9.17) is 33.2 Å². The Morgan fingerprint density at radius 1 is 0.625 bits per heavy atom. The lowest BCUT2D eigenvalue weighted by Crippen LogP contribution is -2.65. The zero-order valence-electron chi connectivity index (χ0n) is 38.9. The van der Waals surface area contributed by atoms with Gasteiger partial charge in [0.05, 0.1) is 48.8 Å². The van der Waals surface area contributed by atoms with E-state index in [9.17, 15) is 51.1 Å². The molecule has 0 radical (unpaired) electrons. The van der Waals surface area contributed by atoms with Gasteiger partial charge in [-0.1, -0.05) is 27.7 Å². The lowest BCUT2D eigenvalue weighted by atomic mass is 9.41. The molecule has 0 aromatic rings. The van der Waals surface area contributed by atoms with E-state index >= 15 is 0 Å². The van der Waals surface area contributed by atoms with E-state index in [0.29, 0.717) is 11.8 Å². The lowest BCUT2D eigenvalue weighted by molar-refractivity contribution is -0.382. The first-order valence-corrected chi connectivity index (χ1v) is 24.1. The molecule has 4 saturated heterocycles. The Morgan fingerprint density at radius 3 is 1.95 bits per heavy atom. The summed E-state index contributed by atoms with van der Waals surface area (Å²) < 4.78 is 43.1. The van der Waals surface area contributed by atoms with Gasteiger partial charge < -0.3 is 84.2 Å². The second-order valence-electron chi connectivity index (χ2n) is 23.7. The molecule has 9 rings (SSSR count). The van der Waals surface area contributed by atoms with Crippen molar-refractivity contribution in [2.24, 2.45) is 44.8 Å². The Labute approximate surface area is 376 Å². The predicted octanol–water partition coefficient (Wildman–Crippen LogP) is 0.605. The van der Waals surface area contributed by atoms with Crippen LogP contribution in [0, 0.1) is 44.8 Å². The van der Waals surface area contributed by atoms with Crippen molar-refractivity contribution in [2.45, 2.75) is 235 Å². The third-order valence-electron chi connectivity index (χ3n) is 19.7. The van der Waals surface area contributed by atoms with E-state index in [-0.39, 0.29) is 51.8 Å². The van der Waals surface area contributed by atoms with E-state index in [2.05, 4.69) is 34.6 Å². The zero-order valence-corrected chi connectivity index (χ0v) is 38.9. The Hall–Kier alpha value is -0.680. The van der Waals surface area contributed by atoms with Crippen molar-refractivity contribution in [2.75, 3.05) is 13.2 Å². The Kier molecular flexibility index (Phi) is 12.2. The molecule has 64 heavy (non-hydrogen) atoms. The highest BCUT2D eigenvalue weighted by molar-refractivity contribution is 5.32. The summed E-state index contributed by atoms with van der Waals surface area (Å²) in [6.45, 7) is 15.8. The summed E-state index contributed by atoms with van der Waals surface area (Å²) in [7, 11) is 0. The molecule has 9 fully saturated rings. The maximum absolute atomic E-state index is 12.1. The van der Waals surface area contributed by atoms with Crippen LogP contribution in [0.25, 0.3) is 0 Å². The van der Waals surface area contributed by atoms with Gasteiger partial charge in [-0.2, -0.15) is 0 Å². The van der Waals surface area contributed by atoms with Gasteiger partial charge in [0, 0.05) is 5.92 Å². The second kappa shape index (κ2) is 16.2. The van der Waals surface area contributed by atoms with Crippen molar-refractivity contribution < 1.29 is 84.2 Å². The molecule has 25 atom stereocenters. The highest BCUT2D eigenvalue weighted by Gasteiger charge is 2.83. The van der Waals surface area contributed by atoms with Gasteiger partial charge in [0.15, 0.2) is 18.9 Å². The van der Waals surface area contributed by atoms with Crippen LogP contribution in [0.4, 0.5) is 0 Å². The van der Waals surface area contributed by atoms with Gasteiger partial charge in [0.25, 0.3) is 0 Å². The number of hydrogen-bond donors (Lipinski definition) is 10. The zero-order chi connectivity index (χ0) is 46.5. The van der Waals surface area contributed by atoms with Crippen LogP contribution in [0.2, 0.25) is 0 Å². The monoisotopic (exact) mass is 915 g/mol. The molecular formula is C47H78O17. The normalized spacial score (nSPS) is 58.2. The standard InChI is InChI=1S/C47H78O17/c1-21-29(51)35(62-38-33(55)32(54)31(53)24(18-48)60-38)34(56)39(59-21)63-36-30(52)23(50)19-58-40(36)61-27-12-14-46-20-47(46)16-15-43(6)37(45(8)13-11-28(64-45)42(4,5)57)22(49)17-44(43,7)26(47)10-9-25(46)41(27,2)3/h21-40,48-57H,9-20H2,1-8H3/t21-,22-,23+,24+,25-,26-,27-,28+,29-,30-,31+,32-,33+,34+,35+,36+,37-,38-,39-,40-,43+,44-,45-,46+,47-/m0/s1. The van der Waals surface area contributed by atoms with E-state index in [1.54, 1.807) is 0 Å². The molecule has 0 unspecified atom stereocenters. The summed E-state index contributed by atoms with van der Waals surface area (Å²) in [5.41, 5.74) is -1.74. The average Bonchev–Trinajstić information content (AvgIpc) is 3.61. The van der Waals surface area contributed by atoms with Gasteiger partial charge in [-0.05, 0) is 131 Å². The Bertz CT molecular complexity index is 1710. The van der Waals surface area contributed by atoms with Crippen molar-refractivity contribution in [1.29, 1.82) is 0 Å². The minimum absolute atomic E-state index is 0.0310. The quantitative estimate of drug-likeness (QED) is 0.142. The molecule has 2 spiro atoms. The molecule has 0 bridgehead atoms. The Morgan fingerprint density at radius 2 is 1.28 bits per heavy atom. The first-order chi connectivity index (χ1) is 29.8. The number of hydrogen-bond acceptors (Lipinski definition) is 17. The summed E-state index contributed by atoms with van der Waals surface area (Å²) in [5.74, 6) is 0.750. The van der Waals surface area contributed by atoms with E-state index in [1.807, 2.05) is 13.8 Å². The fraction of sp³-hybridized carbons (Fsp3) is 1.00. The molecule has 0 aromatic carbocycles. The summed E-state index contributed by atoms with van der Waals surface area (Å²) in [4.78, 5) is 0. The van der Waals surface area contributed by atoms with Crippen LogP contribution in [0.5, 0.6) is 0 Å². The topological polar surface area (TPSA) is 267 Å². The molecule has 0 amide bonds. The predicted molar refractivity (Wildman–Crippen MR) is 224 cm³/mol. The number of aliphatic hydroxyl groups is 10. The molecule has 0 aromatic heterocycles. The van der Waals surface area contributed by atoms with Crippen LogP contribution >= 0.6 is 0 Å². The second-order valence-corrected chi connectivity index (χ2v) is 23.7. The van der Waals surface area contributed by atoms with Crippen LogP contribution < -0.4 is 0 Å². The maximum Gasteiger partial charge on any atom is 0.187 e. The third kappa shape index (κ3) is 7.02. The minimum atomic E-state index is -1.80. The highest BCUT2D eigenvalue weighted by Crippen LogP contribution is 2.89. The molecule has 4 heterocycles. The van der Waals surface area contributed by atoms with Crippen LogP contribution in [-0.4, -0.2) is 180 Å². The molecular weight excluding hydrogens is 837 g/mol. The summed E-state index contributed by atoms with van der Waals surface area (Å²) in [6, 6.07) is 0. The largest absolute Gasteiger partial charge is 0.394 e. The first kappa shape index (κ1) is 48.3. The number of rotatable bonds is 9. The van der Waals surface area contributed by atoms with Crippen molar-refractivity contribution >= 4 is 0 Å². The maximum atomic E-state index is 12.1. The number of aliphatic hydroxyl groups excluding tert-OH is 9. The van der Waals surface area contributed by atoms with Crippen molar-refractivity contribution in [3.63, 3.8) is 0 Å². The van der Waals surface area contributed by atoms with Gasteiger partial charge in [-0.25, -0.2) is 0 Å². The fourth-order valence-electron chi connectivity index (χ4n) is 16.3. The average molecular weight is 915 g/mol. The molecule has 368 valence electrons. The molecule has 5 saturated carbocycles. The molecule has 17 nitrogen and oxygen atoms in total. The van der Waals surface area contributed by atoms with E-state index in [0.717, 1.165) is 64.2 Å². The summed E-state index contributed by atoms with van der Waals surface area (Å²) in [6.07, 6.45) is -12.6. The molecule has 9 aliphatic rings. The summed E-state index contributed by atoms with van der Waals surface area (Å²) >= 11 is 0. The molecule has 10 N–H and O–H groups in total. The highest BCUT2D eigenvalue weighted by atomic mass is 16.8. The molecule has 5 aliphatic carbocycles. The SMILES string of the molecule is C[C@@H]1O[C@@H](O[C@H]2[C@H](O[C@H]3CC[C@]45C[C@]46CC[C@]4(C)[C@@H]([C@]7(C)CC[C@H](C(C)(C)O)O7)[C@@H](O)C[C@@]4(C)[C@@H]6CC[C@H]5C3(C)C)OC[C@@H](O)[C@@H]2O)[C@H](O)[C@H](O[C@@H]2O[C@H](CO)[C@@H](O)[C@H](O)[C@H]2O)[C@H]1O. The smallest absolute Gasteiger partial charge is 0.187 e. The van der Waals surface area contributed by atoms with Gasteiger partial charge in [-0.15, -0.1) is 0 Å². The summed E-state index contributed by atoms with van der Waals surface area (Å²) in [5, 5.41) is 109. The van der Waals surface area contributed by atoms with Gasteiger partial charge >= 0.3 is 0 Å². The minimum Gasteiger partial charge on any atom is -0.394 e. The van der Waals surface area contributed by atoms with Crippen LogP contribution in [-0.2, 0) is 33.2 Å².